The SMILES string of the molecule is CCCCCC(CCC)C(Oc1ccc(-c2ccc(CCC)cc2)c(F)c1)C1CCCCC1. The monoisotopic (exact) mass is 452 g/mol. The van der Waals surface area contributed by atoms with E-state index in [1.807, 2.05) is 24.3 Å². The van der Waals surface area contributed by atoms with Crippen LogP contribution in [0.1, 0.15) is 103 Å². The van der Waals surface area contributed by atoms with E-state index in [9.17, 15) is 0 Å². The van der Waals surface area contributed by atoms with E-state index >= 15 is 4.39 Å². The average Bonchev–Trinajstić information content (AvgIpc) is 2.84. The van der Waals surface area contributed by atoms with Crippen LogP contribution in [0.5, 0.6) is 5.75 Å². The summed E-state index contributed by atoms with van der Waals surface area (Å²) in [6.45, 7) is 6.73. The van der Waals surface area contributed by atoms with Gasteiger partial charge in [0.05, 0.1) is 0 Å². The molecule has 0 heterocycles. The fraction of sp³-hybridized carbons (Fsp3) is 0.613. The van der Waals surface area contributed by atoms with Crippen LogP contribution in [0.15, 0.2) is 42.5 Å². The number of unbranched alkanes of at least 4 members (excludes halogenated alkanes) is 2. The molecule has 2 aromatic carbocycles. The number of halogens is 1. The minimum atomic E-state index is -0.184. The Morgan fingerprint density at radius 2 is 1.61 bits per heavy atom. The molecule has 0 bridgehead atoms. The molecule has 0 spiro atoms. The van der Waals surface area contributed by atoms with Gasteiger partial charge in [-0.15, -0.1) is 0 Å². The van der Waals surface area contributed by atoms with Gasteiger partial charge in [-0.05, 0) is 67.2 Å². The van der Waals surface area contributed by atoms with Crippen LogP contribution in [0.3, 0.4) is 0 Å². The Bertz CT molecular complexity index is 806. The van der Waals surface area contributed by atoms with Gasteiger partial charge in [-0.1, -0.05) is 96.4 Å². The molecule has 1 fully saturated rings. The molecule has 1 aliphatic rings. The van der Waals surface area contributed by atoms with Gasteiger partial charge in [0, 0.05) is 11.6 Å². The molecule has 0 N–H and O–H groups in total. The first-order valence-electron chi connectivity index (χ1n) is 13.7. The molecule has 2 atom stereocenters. The Kier molecular flexibility index (Phi) is 10.8. The highest BCUT2D eigenvalue weighted by Gasteiger charge is 2.32. The molecule has 0 amide bonds. The van der Waals surface area contributed by atoms with E-state index in [1.165, 1.54) is 76.2 Å². The Labute approximate surface area is 202 Å². The van der Waals surface area contributed by atoms with Gasteiger partial charge in [0.15, 0.2) is 0 Å². The van der Waals surface area contributed by atoms with Gasteiger partial charge >= 0.3 is 0 Å². The molecule has 0 saturated heterocycles. The summed E-state index contributed by atoms with van der Waals surface area (Å²) in [6, 6.07) is 13.8. The van der Waals surface area contributed by atoms with E-state index in [0.717, 1.165) is 18.4 Å². The van der Waals surface area contributed by atoms with Crippen LogP contribution in [0, 0.1) is 17.7 Å². The van der Waals surface area contributed by atoms with Crippen molar-refractivity contribution in [2.75, 3.05) is 0 Å². The Balaban J connectivity index is 1.78. The maximum atomic E-state index is 15.2. The lowest BCUT2D eigenvalue weighted by atomic mass is 9.77. The second kappa shape index (κ2) is 13.8. The molecule has 1 saturated carbocycles. The van der Waals surface area contributed by atoms with Crippen molar-refractivity contribution in [3.63, 3.8) is 0 Å². The highest BCUT2D eigenvalue weighted by Crippen LogP contribution is 2.37. The van der Waals surface area contributed by atoms with Crippen LogP contribution in [-0.2, 0) is 6.42 Å². The standard InChI is InChI=1S/C31H45FO/c1-4-7-9-14-26(13-6-3)31(27-15-10-8-11-16-27)33-28-21-22-29(30(32)23-28)25-19-17-24(12-5-2)18-20-25/h17-23,26-27,31H,4-16H2,1-3H3. The van der Waals surface area contributed by atoms with Gasteiger partial charge < -0.3 is 4.74 Å². The van der Waals surface area contributed by atoms with Gasteiger partial charge in [0.1, 0.15) is 17.7 Å². The van der Waals surface area contributed by atoms with Crippen LogP contribution in [-0.4, -0.2) is 6.10 Å². The highest BCUT2D eigenvalue weighted by atomic mass is 19.1. The van der Waals surface area contributed by atoms with E-state index in [4.69, 9.17) is 4.74 Å². The first-order valence-corrected chi connectivity index (χ1v) is 13.7. The molecule has 0 radical (unpaired) electrons. The third-order valence-electron chi connectivity index (χ3n) is 7.43. The fourth-order valence-electron chi connectivity index (χ4n) is 5.64. The Morgan fingerprint density at radius 1 is 0.848 bits per heavy atom. The average molecular weight is 453 g/mol. The number of hydrogen-bond donors (Lipinski definition) is 0. The van der Waals surface area contributed by atoms with Crippen molar-refractivity contribution >= 4 is 0 Å². The van der Waals surface area contributed by atoms with Crippen molar-refractivity contribution in [1.29, 1.82) is 0 Å². The van der Waals surface area contributed by atoms with Crippen molar-refractivity contribution in [2.45, 2.75) is 110 Å². The van der Waals surface area contributed by atoms with Gasteiger partial charge in [-0.3, -0.25) is 0 Å². The molecular weight excluding hydrogens is 407 g/mol. The number of hydrogen-bond acceptors (Lipinski definition) is 1. The van der Waals surface area contributed by atoms with Crippen molar-refractivity contribution in [3.05, 3.63) is 53.8 Å². The van der Waals surface area contributed by atoms with Crippen LogP contribution in [0.25, 0.3) is 11.1 Å². The van der Waals surface area contributed by atoms with Gasteiger partial charge in [0.2, 0.25) is 0 Å². The summed E-state index contributed by atoms with van der Waals surface area (Å²) in [5.74, 6) is 1.69. The summed E-state index contributed by atoms with van der Waals surface area (Å²) in [7, 11) is 0. The maximum Gasteiger partial charge on any atom is 0.134 e. The molecule has 182 valence electrons. The van der Waals surface area contributed by atoms with E-state index in [1.54, 1.807) is 6.07 Å². The summed E-state index contributed by atoms with van der Waals surface area (Å²) in [6.07, 6.45) is 16.3. The number of rotatable bonds is 13. The summed E-state index contributed by atoms with van der Waals surface area (Å²) in [4.78, 5) is 0. The van der Waals surface area contributed by atoms with Gasteiger partial charge in [-0.25, -0.2) is 4.39 Å². The quantitative estimate of drug-likeness (QED) is 0.275. The van der Waals surface area contributed by atoms with E-state index < -0.39 is 0 Å². The molecule has 1 aliphatic carbocycles. The molecule has 0 aromatic heterocycles. The second-order valence-electron chi connectivity index (χ2n) is 10.1. The predicted octanol–water partition coefficient (Wildman–Crippen LogP) is 9.77. The molecule has 2 heteroatoms. The maximum absolute atomic E-state index is 15.2. The van der Waals surface area contributed by atoms with E-state index in [0.29, 0.717) is 23.1 Å². The minimum Gasteiger partial charge on any atom is -0.490 e. The van der Waals surface area contributed by atoms with Crippen molar-refractivity contribution in [1.82, 2.24) is 0 Å². The Hall–Kier alpha value is -1.83. The highest BCUT2D eigenvalue weighted by molar-refractivity contribution is 5.65. The largest absolute Gasteiger partial charge is 0.490 e. The molecule has 2 aromatic rings. The smallest absolute Gasteiger partial charge is 0.134 e. The number of aryl methyl sites for hydroxylation is 1. The first-order chi connectivity index (χ1) is 16.2. The Morgan fingerprint density at radius 3 is 2.24 bits per heavy atom. The van der Waals surface area contributed by atoms with Gasteiger partial charge in [0.25, 0.3) is 0 Å². The van der Waals surface area contributed by atoms with Crippen molar-refractivity contribution in [3.8, 4) is 16.9 Å². The zero-order chi connectivity index (χ0) is 23.5. The zero-order valence-electron chi connectivity index (χ0n) is 21.3. The van der Waals surface area contributed by atoms with Crippen molar-refractivity contribution in [2.24, 2.45) is 11.8 Å². The lowest BCUT2D eigenvalue weighted by molar-refractivity contribution is 0.0458. The lowest BCUT2D eigenvalue weighted by Gasteiger charge is -2.36. The predicted molar refractivity (Wildman–Crippen MR) is 139 cm³/mol. The summed E-state index contributed by atoms with van der Waals surface area (Å²) in [5, 5.41) is 0. The van der Waals surface area contributed by atoms with E-state index in [2.05, 4.69) is 32.9 Å². The summed E-state index contributed by atoms with van der Waals surface area (Å²) >= 11 is 0. The third kappa shape index (κ3) is 7.59. The molecular formula is C31H45FO. The van der Waals surface area contributed by atoms with Crippen LogP contribution >= 0.6 is 0 Å². The molecule has 1 nitrogen and oxygen atoms in total. The molecule has 33 heavy (non-hydrogen) atoms. The number of ether oxygens (including phenoxy) is 1. The van der Waals surface area contributed by atoms with Crippen LogP contribution in [0.2, 0.25) is 0 Å². The zero-order valence-corrected chi connectivity index (χ0v) is 21.3. The van der Waals surface area contributed by atoms with Gasteiger partial charge in [-0.2, -0.15) is 0 Å². The van der Waals surface area contributed by atoms with E-state index in [-0.39, 0.29) is 11.9 Å². The summed E-state index contributed by atoms with van der Waals surface area (Å²) in [5.41, 5.74) is 2.90. The van der Waals surface area contributed by atoms with Crippen LogP contribution in [0.4, 0.5) is 4.39 Å². The van der Waals surface area contributed by atoms with Crippen molar-refractivity contribution < 1.29 is 9.13 Å². The minimum absolute atomic E-state index is 0.184. The first kappa shape index (κ1) is 25.8. The fourth-order valence-corrected chi connectivity index (χ4v) is 5.64. The molecule has 0 aliphatic heterocycles. The normalized spacial score (nSPS) is 16.5. The third-order valence-corrected chi connectivity index (χ3v) is 7.43. The lowest BCUT2D eigenvalue weighted by Crippen LogP contribution is -2.36. The summed E-state index contributed by atoms with van der Waals surface area (Å²) < 4.78 is 21.9. The molecule has 2 unspecified atom stereocenters. The second-order valence-corrected chi connectivity index (χ2v) is 10.1. The van der Waals surface area contributed by atoms with Crippen LogP contribution < -0.4 is 4.74 Å². The topological polar surface area (TPSA) is 9.23 Å². The molecule has 3 rings (SSSR count). The number of benzene rings is 2.